The van der Waals surface area contributed by atoms with Crippen molar-refractivity contribution in [2.75, 3.05) is 13.7 Å². The van der Waals surface area contributed by atoms with Gasteiger partial charge >= 0.3 is 5.97 Å². The van der Waals surface area contributed by atoms with Gasteiger partial charge in [-0.1, -0.05) is 35.6 Å². The number of aromatic nitrogens is 2. The summed E-state index contributed by atoms with van der Waals surface area (Å²) in [5.74, 6) is 0.169. The Morgan fingerprint density at radius 3 is 2.70 bits per heavy atom. The van der Waals surface area contributed by atoms with Crippen molar-refractivity contribution in [3.8, 4) is 5.75 Å². The van der Waals surface area contributed by atoms with E-state index in [2.05, 4.69) is 50.7 Å². The van der Waals surface area contributed by atoms with E-state index in [-0.39, 0.29) is 12.2 Å². The van der Waals surface area contributed by atoms with Crippen LogP contribution in [0.4, 0.5) is 0 Å². The summed E-state index contributed by atoms with van der Waals surface area (Å²) in [5.41, 5.74) is 3.51. The Balaban J connectivity index is 1.75. The molecule has 9 heteroatoms. The van der Waals surface area contributed by atoms with Crippen LogP contribution in [0.15, 0.2) is 74.2 Å². The van der Waals surface area contributed by atoms with E-state index in [1.165, 1.54) is 11.3 Å². The quantitative estimate of drug-likeness (QED) is 0.314. The summed E-state index contributed by atoms with van der Waals surface area (Å²) in [6.07, 6.45) is 3.99. The molecule has 3 heterocycles. The lowest BCUT2D eigenvalue weighted by atomic mass is 9.96. The van der Waals surface area contributed by atoms with Gasteiger partial charge in [0.1, 0.15) is 5.75 Å². The second-order valence-corrected chi connectivity index (χ2v) is 10.4. The molecule has 7 nitrogen and oxygen atoms in total. The van der Waals surface area contributed by atoms with Gasteiger partial charge in [-0.2, -0.15) is 0 Å². The van der Waals surface area contributed by atoms with E-state index in [0.29, 0.717) is 26.4 Å². The van der Waals surface area contributed by atoms with Crippen LogP contribution in [0, 0.1) is 0 Å². The topological polar surface area (TPSA) is 74.8 Å². The number of aryl methyl sites for hydroxylation is 1. The highest BCUT2D eigenvalue weighted by molar-refractivity contribution is 9.10. The molecule has 0 bridgehead atoms. The van der Waals surface area contributed by atoms with Crippen LogP contribution in [0.1, 0.15) is 37.9 Å². The van der Waals surface area contributed by atoms with Gasteiger partial charge in [0, 0.05) is 29.2 Å². The summed E-state index contributed by atoms with van der Waals surface area (Å²) in [6.45, 7) is 6.68. The number of allylic oxidation sites excluding steroid dienone is 1. The number of rotatable bonds is 6. The fourth-order valence-corrected chi connectivity index (χ4v) is 6.35. The fourth-order valence-electron chi connectivity index (χ4n) is 4.75. The van der Waals surface area contributed by atoms with Crippen molar-refractivity contribution < 1.29 is 14.3 Å². The summed E-state index contributed by atoms with van der Waals surface area (Å²) < 4.78 is 15.8. The Bertz CT molecular complexity index is 1750. The van der Waals surface area contributed by atoms with Crippen LogP contribution in [0.2, 0.25) is 0 Å². The van der Waals surface area contributed by atoms with Crippen molar-refractivity contribution in [2.24, 2.45) is 4.99 Å². The lowest BCUT2D eigenvalue weighted by Gasteiger charge is -2.25. The highest BCUT2D eigenvalue weighted by Gasteiger charge is 2.33. The average Bonchev–Trinajstić information content (AvgIpc) is 3.40. The maximum Gasteiger partial charge on any atom is 0.338 e. The summed E-state index contributed by atoms with van der Waals surface area (Å²) in [4.78, 5) is 32.2. The smallest absolute Gasteiger partial charge is 0.338 e. The Morgan fingerprint density at radius 1 is 1.22 bits per heavy atom. The predicted octanol–water partition coefficient (Wildman–Crippen LogP) is 4.54. The molecule has 0 spiro atoms. The van der Waals surface area contributed by atoms with Gasteiger partial charge in [-0.05, 0) is 66.5 Å². The van der Waals surface area contributed by atoms with Gasteiger partial charge in [0.15, 0.2) is 4.80 Å². The molecule has 0 unspecified atom stereocenters. The number of ether oxygens (including phenoxy) is 2. The van der Waals surface area contributed by atoms with Crippen LogP contribution >= 0.6 is 27.3 Å². The second-order valence-electron chi connectivity index (χ2n) is 8.58. The monoisotopic (exact) mass is 579 g/mol. The number of fused-ring (bicyclic) bond motifs is 2. The molecule has 0 saturated carbocycles. The first-order chi connectivity index (χ1) is 17.9. The lowest BCUT2D eigenvalue weighted by molar-refractivity contribution is -0.139. The van der Waals surface area contributed by atoms with Crippen molar-refractivity contribution in [2.45, 2.75) is 33.4 Å². The first-order valence-electron chi connectivity index (χ1n) is 12.0. The van der Waals surface area contributed by atoms with E-state index in [0.717, 1.165) is 33.0 Å². The van der Waals surface area contributed by atoms with Gasteiger partial charge in [-0.15, -0.1) is 0 Å². The number of halogens is 1. The van der Waals surface area contributed by atoms with Crippen LogP contribution in [0.5, 0.6) is 5.75 Å². The standard InChI is InChI=1S/C28H26BrN3O4S/c1-5-31-15-18(19-9-7-8-10-21(19)31)14-23-26(33)32-25(17-11-12-22(35-4)20(29)13-17)24(27(34)36-6-2)16(3)30-28(32)37-23/h7-15,25H,5-6H2,1-4H3/b23-14+/t25-/m0/s1. The maximum absolute atomic E-state index is 13.9. The van der Waals surface area contributed by atoms with Gasteiger partial charge in [-0.3, -0.25) is 9.36 Å². The molecule has 0 N–H and O–H groups in total. The summed E-state index contributed by atoms with van der Waals surface area (Å²) in [6, 6.07) is 13.0. The number of benzene rings is 2. The molecule has 2 aromatic carbocycles. The summed E-state index contributed by atoms with van der Waals surface area (Å²) >= 11 is 4.86. The lowest BCUT2D eigenvalue weighted by Crippen LogP contribution is -2.39. The number of nitrogens with zero attached hydrogens (tertiary/aromatic N) is 3. The minimum absolute atomic E-state index is 0.205. The molecule has 37 heavy (non-hydrogen) atoms. The van der Waals surface area contributed by atoms with Crippen molar-refractivity contribution in [1.29, 1.82) is 0 Å². The van der Waals surface area contributed by atoms with Crippen LogP contribution in [0.25, 0.3) is 17.0 Å². The van der Waals surface area contributed by atoms with E-state index in [4.69, 9.17) is 9.47 Å². The van der Waals surface area contributed by atoms with Crippen molar-refractivity contribution in [3.63, 3.8) is 0 Å². The van der Waals surface area contributed by atoms with Gasteiger partial charge in [0.05, 0.1) is 40.0 Å². The van der Waals surface area contributed by atoms with Crippen molar-refractivity contribution >= 4 is 50.2 Å². The fraction of sp³-hybridized carbons (Fsp3) is 0.250. The molecule has 2 aromatic heterocycles. The number of carbonyl (C=O) groups excluding carboxylic acids is 1. The van der Waals surface area contributed by atoms with Crippen LogP contribution in [-0.4, -0.2) is 28.8 Å². The van der Waals surface area contributed by atoms with Crippen molar-refractivity contribution in [3.05, 3.63) is 95.2 Å². The maximum atomic E-state index is 13.9. The number of carbonyl (C=O) groups is 1. The zero-order chi connectivity index (χ0) is 26.3. The number of hydrogen-bond acceptors (Lipinski definition) is 6. The summed E-state index contributed by atoms with van der Waals surface area (Å²) in [5, 5.41) is 1.08. The molecule has 1 aliphatic heterocycles. The molecule has 0 fully saturated rings. The minimum Gasteiger partial charge on any atom is -0.496 e. The second kappa shape index (κ2) is 10.1. The number of para-hydroxylation sites is 1. The molecule has 0 saturated heterocycles. The molecule has 0 radical (unpaired) electrons. The van der Waals surface area contributed by atoms with Crippen LogP contribution in [-0.2, 0) is 16.1 Å². The van der Waals surface area contributed by atoms with Gasteiger partial charge < -0.3 is 14.0 Å². The molecule has 0 aliphatic carbocycles. The van der Waals surface area contributed by atoms with E-state index < -0.39 is 12.0 Å². The van der Waals surface area contributed by atoms with Gasteiger partial charge in [0.25, 0.3) is 5.56 Å². The highest BCUT2D eigenvalue weighted by Crippen LogP contribution is 2.35. The molecular weight excluding hydrogens is 554 g/mol. The zero-order valence-corrected chi connectivity index (χ0v) is 23.4. The largest absolute Gasteiger partial charge is 0.496 e. The van der Waals surface area contributed by atoms with Crippen molar-refractivity contribution in [1.82, 2.24) is 9.13 Å². The Kier molecular flexibility index (Phi) is 6.92. The zero-order valence-electron chi connectivity index (χ0n) is 20.9. The Hall–Kier alpha value is -3.43. The Morgan fingerprint density at radius 2 is 2.00 bits per heavy atom. The van der Waals surface area contributed by atoms with E-state index in [1.807, 2.05) is 36.4 Å². The van der Waals surface area contributed by atoms with Gasteiger partial charge in [0.2, 0.25) is 0 Å². The predicted molar refractivity (Wildman–Crippen MR) is 149 cm³/mol. The average molecular weight is 581 g/mol. The number of thiazole rings is 1. The third kappa shape index (κ3) is 4.36. The summed E-state index contributed by atoms with van der Waals surface area (Å²) in [7, 11) is 1.59. The minimum atomic E-state index is -0.684. The number of esters is 1. The molecule has 4 aromatic rings. The van der Waals surface area contributed by atoms with E-state index in [1.54, 1.807) is 25.5 Å². The van der Waals surface area contributed by atoms with E-state index >= 15 is 0 Å². The van der Waals surface area contributed by atoms with Crippen LogP contribution < -0.4 is 19.6 Å². The van der Waals surface area contributed by atoms with Crippen LogP contribution in [0.3, 0.4) is 0 Å². The highest BCUT2D eigenvalue weighted by atomic mass is 79.9. The number of hydrogen-bond donors (Lipinski definition) is 0. The van der Waals surface area contributed by atoms with Gasteiger partial charge in [-0.25, -0.2) is 9.79 Å². The third-order valence-corrected chi connectivity index (χ3v) is 8.06. The molecule has 190 valence electrons. The third-order valence-electron chi connectivity index (χ3n) is 6.46. The SMILES string of the molecule is CCOC(=O)C1=C(C)N=c2s/c(=C/c3cn(CC)c4ccccc34)c(=O)n2[C@H]1c1ccc(OC)c(Br)c1. The molecule has 1 atom stereocenters. The first kappa shape index (κ1) is 25.2. The molecule has 5 rings (SSSR count). The molecule has 0 amide bonds. The normalized spacial score (nSPS) is 15.6. The molecular formula is C28H26BrN3O4S. The number of methoxy groups -OCH3 is 1. The molecule has 1 aliphatic rings. The van der Waals surface area contributed by atoms with E-state index in [9.17, 15) is 9.59 Å². The Labute approximate surface area is 226 Å². The first-order valence-corrected chi connectivity index (χ1v) is 13.6.